The third-order valence-electron chi connectivity index (χ3n) is 2.92. The summed E-state index contributed by atoms with van der Waals surface area (Å²) in [5, 5.41) is 14.1. The third-order valence-corrected chi connectivity index (χ3v) is 3.37. The Morgan fingerprint density at radius 3 is 2.55 bits per heavy atom. The van der Waals surface area contributed by atoms with Crippen LogP contribution >= 0.6 is 15.9 Å². The van der Waals surface area contributed by atoms with E-state index < -0.39 is 0 Å². The fraction of sp³-hybridized carbons (Fsp3) is 0.200. The first-order valence-electron chi connectivity index (χ1n) is 6.33. The van der Waals surface area contributed by atoms with E-state index >= 15 is 0 Å². The summed E-state index contributed by atoms with van der Waals surface area (Å²) < 4.78 is 0.728. The number of halogens is 1. The van der Waals surface area contributed by atoms with Crippen LogP contribution in [-0.2, 0) is 13.0 Å². The van der Waals surface area contributed by atoms with Gasteiger partial charge in [0.1, 0.15) is 0 Å². The highest BCUT2D eigenvalue weighted by Crippen LogP contribution is 2.21. The lowest BCUT2D eigenvalue weighted by Gasteiger charge is -2.06. The molecule has 2 aromatic carbocycles. The van der Waals surface area contributed by atoms with Crippen molar-refractivity contribution in [1.82, 2.24) is 5.32 Å². The van der Waals surface area contributed by atoms with Crippen molar-refractivity contribution in [2.75, 3.05) is 6.54 Å². The predicted molar refractivity (Wildman–Crippen MR) is 82.6 cm³/mol. The van der Waals surface area contributed by atoms with Crippen molar-refractivity contribution < 1.29 is 4.92 Å². The zero-order valence-corrected chi connectivity index (χ0v) is 12.5. The zero-order chi connectivity index (χ0) is 14.4. The first-order chi connectivity index (χ1) is 9.65. The van der Waals surface area contributed by atoms with E-state index in [1.165, 1.54) is 11.6 Å². The highest BCUT2D eigenvalue weighted by Gasteiger charge is 2.08. The lowest BCUT2D eigenvalue weighted by molar-refractivity contribution is -0.385. The SMILES string of the molecule is O=[N+]([O-])c1cc(Br)cc(CNCCc2ccccc2)c1. The maximum absolute atomic E-state index is 10.8. The van der Waals surface area contributed by atoms with Gasteiger partial charge in [-0.1, -0.05) is 46.3 Å². The zero-order valence-electron chi connectivity index (χ0n) is 10.9. The van der Waals surface area contributed by atoms with Crippen LogP contribution in [0.2, 0.25) is 0 Å². The minimum atomic E-state index is -0.377. The highest BCUT2D eigenvalue weighted by molar-refractivity contribution is 9.10. The van der Waals surface area contributed by atoms with Crippen molar-refractivity contribution in [3.8, 4) is 0 Å². The summed E-state index contributed by atoms with van der Waals surface area (Å²) in [5.41, 5.74) is 2.29. The van der Waals surface area contributed by atoms with Gasteiger partial charge in [0.15, 0.2) is 0 Å². The number of nitro benzene ring substituents is 1. The van der Waals surface area contributed by atoms with Gasteiger partial charge in [-0.3, -0.25) is 10.1 Å². The minimum absolute atomic E-state index is 0.110. The molecule has 0 heterocycles. The van der Waals surface area contributed by atoms with Gasteiger partial charge in [0.2, 0.25) is 0 Å². The predicted octanol–water partition coefficient (Wildman–Crippen LogP) is 3.69. The van der Waals surface area contributed by atoms with E-state index in [1.54, 1.807) is 6.07 Å². The molecule has 0 saturated heterocycles. The Morgan fingerprint density at radius 1 is 1.10 bits per heavy atom. The Bertz CT molecular complexity index is 588. The summed E-state index contributed by atoms with van der Waals surface area (Å²) in [5.74, 6) is 0. The molecule has 0 aliphatic heterocycles. The molecule has 4 nitrogen and oxygen atoms in total. The Hall–Kier alpha value is -1.72. The van der Waals surface area contributed by atoms with Crippen LogP contribution in [0.15, 0.2) is 53.0 Å². The standard InChI is InChI=1S/C15H15BrN2O2/c16-14-8-13(9-15(10-14)18(19)20)11-17-7-6-12-4-2-1-3-5-12/h1-5,8-10,17H,6-7,11H2. The molecule has 0 atom stereocenters. The number of rotatable bonds is 6. The van der Waals surface area contributed by atoms with Gasteiger partial charge in [-0.25, -0.2) is 0 Å². The summed E-state index contributed by atoms with van der Waals surface area (Å²) in [7, 11) is 0. The molecule has 104 valence electrons. The molecule has 20 heavy (non-hydrogen) atoms. The summed E-state index contributed by atoms with van der Waals surface area (Å²) >= 11 is 3.29. The molecule has 0 unspecified atom stereocenters. The molecule has 2 aromatic rings. The first-order valence-corrected chi connectivity index (χ1v) is 7.13. The monoisotopic (exact) mass is 334 g/mol. The quantitative estimate of drug-likeness (QED) is 0.498. The van der Waals surface area contributed by atoms with E-state index in [2.05, 4.69) is 33.4 Å². The Labute approximate surface area is 126 Å². The number of hydrogen-bond donors (Lipinski definition) is 1. The molecule has 0 aliphatic rings. The maximum Gasteiger partial charge on any atom is 0.270 e. The molecule has 1 N–H and O–H groups in total. The molecular weight excluding hydrogens is 320 g/mol. The van der Waals surface area contributed by atoms with Gasteiger partial charge in [0.25, 0.3) is 5.69 Å². The van der Waals surface area contributed by atoms with Crippen LogP contribution in [0.25, 0.3) is 0 Å². The van der Waals surface area contributed by atoms with Crippen molar-refractivity contribution in [2.45, 2.75) is 13.0 Å². The fourth-order valence-corrected chi connectivity index (χ4v) is 2.48. The lowest BCUT2D eigenvalue weighted by atomic mass is 10.1. The second kappa shape index (κ2) is 7.17. The minimum Gasteiger partial charge on any atom is -0.312 e. The van der Waals surface area contributed by atoms with Gasteiger partial charge in [-0.2, -0.15) is 0 Å². The number of nitrogens with zero attached hydrogens (tertiary/aromatic N) is 1. The second-order valence-electron chi connectivity index (χ2n) is 4.49. The summed E-state index contributed by atoms with van der Waals surface area (Å²) in [6, 6.07) is 15.2. The van der Waals surface area contributed by atoms with Crippen LogP contribution < -0.4 is 5.32 Å². The van der Waals surface area contributed by atoms with Gasteiger partial charge in [-0.15, -0.1) is 0 Å². The summed E-state index contributed by atoms with van der Waals surface area (Å²) in [6.07, 6.45) is 0.941. The van der Waals surface area contributed by atoms with Crippen LogP contribution in [0, 0.1) is 10.1 Å². The van der Waals surface area contributed by atoms with Crippen molar-refractivity contribution in [3.63, 3.8) is 0 Å². The van der Waals surface area contributed by atoms with Crippen molar-refractivity contribution in [3.05, 3.63) is 74.2 Å². The van der Waals surface area contributed by atoms with Gasteiger partial charge in [0, 0.05) is 23.2 Å². The van der Waals surface area contributed by atoms with E-state index in [0.29, 0.717) is 6.54 Å². The van der Waals surface area contributed by atoms with E-state index in [9.17, 15) is 10.1 Å². The lowest BCUT2D eigenvalue weighted by Crippen LogP contribution is -2.16. The average Bonchev–Trinajstić information content (AvgIpc) is 2.44. The van der Waals surface area contributed by atoms with Gasteiger partial charge in [0.05, 0.1) is 4.92 Å². The van der Waals surface area contributed by atoms with Crippen LogP contribution in [0.3, 0.4) is 0 Å². The summed E-state index contributed by atoms with van der Waals surface area (Å²) in [6.45, 7) is 1.46. The average molecular weight is 335 g/mol. The van der Waals surface area contributed by atoms with Crippen LogP contribution in [0.4, 0.5) is 5.69 Å². The normalized spacial score (nSPS) is 10.4. The molecule has 0 radical (unpaired) electrons. The molecule has 5 heteroatoms. The van der Waals surface area contributed by atoms with E-state index in [1.807, 2.05) is 24.3 Å². The van der Waals surface area contributed by atoms with Crippen molar-refractivity contribution in [2.24, 2.45) is 0 Å². The van der Waals surface area contributed by atoms with Crippen LogP contribution in [0.1, 0.15) is 11.1 Å². The van der Waals surface area contributed by atoms with Gasteiger partial charge < -0.3 is 5.32 Å². The number of nitrogens with one attached hydrogen (secondary N) is 1. The van der Waals surface area contributed by atoms with Crippen LogP contribution in [-0.4, -0.2) is 11.5 Å². The van der Waals surface area contributed by atoms with E-state index in [-0.39, 0.29) is 10.6 Å². The molecule has 0 aliphatic carbocycles. The molecule has 0 saturated carbocycles. The molecule has 0 bridgehead atoms. The number of nitro groups is 1. The van der Waals surface area contributed by atoms with Crippen LogP contribution in [0.5, 0.6) is 0 Å². The Kier molecular flexibility index (Phi) is 5.26. The molecular formula is C15H15BrN2O2. The summed E-state index contributed by atoms with van der Waals surface area (Å²) in [4.78, 5) is 10.4. The third kappa shape index (κ3) is 4.43. The Balaban J connectivity index is 1.86. The Morgan fingerprint density at radius 2 is 1.85 bits per heavy atom. The number of hydrogen-bond acceptors (Lipinski definition) is 3. The van der Waals surface area contributed by atoms with Gasteiger partial charge >= 0.3 is 0 Å². The van der Waals surface area contributed by atoms with Gasteiger partial charge in [-0.05, 0) is 30.2 Å². The molecule has 2 rings (SSSR count). The highest BCUT2D eigenvalue weighted by atomic mass is 79.9. The second-order valence-corrected chi connectivity index (χ2v) is 5.40. The largest absolute Gasteiger partial charge is 0.312 e. The fourth-order valence-electron chi connectivity index (χ4n) is 1.95. The molecule has 0 aromatic heterocycles. The number of non-ortho nitro benzene ring substituents is 1. The first kappa shape index (κ1) is 14.7. The maximum atomic E-state index is 10.8. The van der Waals surface area contributed by atoms with E-state index in [4.69, 9.17) is 0 Å². The molecule has 0 amide bonds. The smallest absolute Gasteiger partial charge is 0.270 e. The van der Waals surface area contributed by atoms with E-state index in [0.717, 1.165) is 23.0 Å². The molecule has 0 spiro atoms. The van der Waals surface area contributed by atoms with Crippen molar-refractivity contribution in [1.29, 1.82) is 0 Å². The molecule has 0 fully saturated rings. The number of benzene rings is 2. The topological polar surface area (TPSA) is 55.2 Å². The van der Waals surface area contributed by atoms with Crippen molar-refractivity contribution >= 4 is 21.6 Å².